The fourth-order valence-electron chi connectivity index (χ4n) is 2.88. The molecule has 124 valence electrons. The number of rotatable bonds is 3. The van der Waals surface area contributed by atoms with Crippen LogP contribution < -0.4 is 0 Å². The standard InChI is InChI=1S/C12H14BrNS.C4H4O4/c1-14-9-2-3-10(14)7-8(6-9)12-11(13)4-5-15-12;5-3(6)1-2-4(7)8/h4-6,9-10H,2-3,7H2,1H3;1-2H,(H,5,6)(H,7,8)/b;2-1+. The number of thiophene rings is 1. The molecule has 3 rings (SSSR count). The van der Waals surface area contributed by atoms with Crippen molar-refractivity contribution < 1.29 is 19.8 Å². The summed E-state index contributed by atoms with van der Waals surface area (Å²) in [6, 6.07) is 3.62. The SMILES string of the molecule is CN1C2C=C(c3sccc3Br)CC1CC2.O=C(O)/C=C/C(=O)O. The van der Waals surface area contributed by atoms with Gasteiger partial charge in [0, 0.05) is 33.6 Å². The highest BCUT2D eigenvalue weighted by atomic mass is 79.9. The first-order valence-corrected chi connectivity index (χ1v) is 8.85. The van der Waals surface area contributed by atoms with Crippen LogP contribution in [0.3, 0.4) is 0 Å². The number of carboxylic acids is 2. The maximum Gasteiger partial charge on any atom is 0.328 e. The van der Waals surface area contributed by atoms with Gasteiger partial charge in [0.25, 0.3) is 0 Å². The summed E-state index contributed by atoms with van der Waals surface area (Å²) in [6.45, 7) is 0. The molecule has 3 heterocycles. The van der Waals surface area contributed by atoms with Crippen molar-refractivity contribution in [3.05, 3.63) is 39.0 Å². The molecule has 5 nitrogen and oxygen atoms in total. The van der Waals surface area contributed by atoms with Crippen LogP contribution in [0.1, 0.15) is 24.1 Å². The zero-order valence-corrected chi connectivity index (χ0v) is 15.0. The highest BCUT2D eigenvalue weighted by Crippen LogP contribution is 2.41. The number of likely N-dealkylation sites (N-methyl/N-ethyl adjacent to an activating group) is 1. The summed E-state index contributed by atoms with van der Waals surface area (Å²) in [6.07, 6.45) is 7.52. The second kappa shape index (κ2) is 7.90. The molecular formula is C16H18BrNO4S. The lowest BCUT2D eigenvalue weighted by molar-refractivity contribution is -0.134. The average Bonchev–Trinajstić information content (AvgIpc) is 2.97. The molecule has 1 saturated heterocycles. The summed E-state index contributed by atoms with van der Waals surface area (Å²) >= 11 is 5.49. The van der Waals surface area contributed by atoms with Gasteiger partial charge in [-0.25, -0.2) is 9.59 Å². The van der Waals surface area contributed by atoms with Gasteiger partial charge in [0.2, 0.25) is 0 Å². The van der Waals surface area contributed by atoms with Gasteiger partial charge < -0.3 is 10.2 Å². The lowest BCUT2D eigenvalue weighted by Gasteiger charge is -2.30. The molecule has 2 atom stereocenters. The topological polar surface area (TPSA) is 77.8 Å². The highest BCUT2D eigenvalue weighted by Gasteiger charge is 2.34. The fourth-order valence-corrected chi connectivity index (χ4v) is 4.54. The molecule has 7 heteroatoms. The number of hydrogen-bond acceptors (Lipinski definition) is 4. The molecule has 0 saturated carbocycles. The molecule has 0 spiro atoms. The van der Waals surface area contributed by atoms with E-state index in [1.54, 1.807) is 5.57 Å². The molecule has 0 aromatic carbocycles. The zero-order valence-electron chi connectivity index (χ0n) is 12.6. The number of halogens is 1. The van der Waals surface area contributed by atoms with E-state index in [9.17, 15) is 9.59 Å². The van der Waals surface area contributed by atoms with Gasteiger partial charge in [-0.15, -0.1) is 11.3 Å². The Morgan fingerprint density at radius 1 is 1.30 bits per heavy atom. The van der Waals surface area contributed by atoms with Gasteiger partial charge in [-0.1, -0.05) is 6.08 Å². The summed E-state index contributed by atoms with van der Waals surface area (Å²) < 4.78 is 1.27. The lowest BCUT2D eigenvalue weighted by Crippen LogP contribution is -2.34. The van der Waals surface area contributed by atoms with Crippen molar-refractivity contribution in [1.82, 2.24) is 4.90 Å². The van der Waals surface area contributed by atoms with E-state index in [4.69, 9.17) is 10.2 Å². The van der Waals surface area contributed by atoms with Gasteiger partial charge in [-0.05, 0) is 59.3 Å². The molecule has 0 amide bonds. The normalized spacial score (nSPS) is 23.3. The first kappa shape index (κ1) is 17.9. The minimum atomic E-state index is -1.26. The molecule has 23 heavy (non-hydrogen) atoms. The summed E-state index contributed by atoms with van der Waals surface area (Å²) in [5.41, 5.74) is 1.56. The van der Waals surface area contributed by atoms with Crippen molar-refractivity contribution >= 4 is 44.8 Å². The molecule has 2 aliphatic heterocycles. The minimum absolute atomic E-state index is 0.558. The van der Waals surface area contributed by atoms with Crippen LogP contribution in [0.25, 0.3) is 5.57 Å². The first-order valence-electron chi connectivity index (χ1n) is 7.18. The summed E-state index contributed by atoms with van der Waals surface area (Å²) in [7, 11) is 2.26. The number of carboxylic acid groups (broad SMARTS) is 2. The smallest absolute Gasteiger partial charge is 0.328 e. The number of aliphatic carboxylic acids is 2. The Kier molecular flexibility index (Phi) is 6.15. The van der Waals surface area contributed by atoms with E-state index in [2.05, 4.69) is 45.4 Å². The highest BCUT2D eigenvalue weighted by molar-refractivity contribution is 9.10. The van der Waals surface area contributed by atoms with Crippen LogP contribution >= 0.6 is 27.3 Å². The van der Waals surface area contributed by atoms with Gasteiger partial charge in [0.05, 0.1) is 0 Å². The Morgan fingerprint density at radius 3 is 2.43 bits per heavy atom. The van der Waals surface area contributed by atoms with Crippen molar-refractivity contribution in [3.8, 4) is 0 Å². The minimum Gasteiger partial charge on any atom is -0.478 e. The molecule has 2 bridgehead atoms. The number of nitrogens with zero attached hydrogens (tertiary/aromatic N) is 1. The van der Waals surface area contributed by atoms with Crippen molar-refractivity contribution in [2.75, 3.05) is 7.05 Å². The Balaban J connectivity index is 0.000000207. The number of fused-ring (bicyclic) bond motifs is 2. The van der Waals surface area contributed by atoms with E-state index in [-0.39, 0.29) is 0 Å². The van der Waals surface area contributed by atoms with E-state index in [0.29, 0.717) is 18.2 Å². The zero-order chi connectivity index (χ0) is 17.0. The Hall–Kier alpha value is -1.44. The van der Waals surface area contributed by atoms with Gasteiger partial charge >= 0.3 is 11.9 Å². The van der Waals surface area contributed by atoms with Crippen molar-refractivity contribution in [3.63, 3.8) is 0 Å². The Morgan fingerprint density at radius 2 is 1.96 bits per heavy atom. The molecule has 0 aliphatic carbocycles. The van der Waals surface area contributed by atoms with Crippen LogP contribution in [0, 0.1) is 0 Å². The van der Waals surface area contributed by atoms with E-state index in [0.717, 1.165) is 6.04 Å². The van der Waals surface area contributed by atoms with Gasteiger partial charge in [0.1, 0.15) is 0 Å². The van der Waals surface area contributed by atoms with E-state index in [1.165, 1.54) is 28.6 Å². The van der Waals surface area contributed by atoms with Crippen LogP contribution in [-0.2, 0) is 9.59 Å². The average molecular weight is 400 g/mol. The lowest BCUT2D eigenvalue weighted by atomic mass is 10.0. The number of carbonyl (C=O) groups is 2. The monoisotopic (exact) mass is 399 g/mol. The van der Waals surface area contributed by atoms with Crippen LogP contribution in [0.4, 0.5) is 0 Å². The Bertz CT molecular complexity index is 636. The van der Waals surface area contributed by atoms with Gasteiger partial charge in [-0.3, -0.25) is 4.90 Å². The van der Waals surface area contributed by atoms with E-state index in [1.807, 2.05) is 11.3 Å². The second-order valence-electron chi connectivity index (χ2n) is 5.47. The Labute approximate surface area is 147 Å². The molecule has 1 aromatic rings. The summed E-state index contributed by atoms with van der Waals surface area (Å²) in [4.78, 5) is 23.1. The van der Waals surface area contributed by atoms with Crippen molar-refractivity contribution in [1.29, 1.82) is 0 Å². The van der Waals surface area contributed by atoms with Crippen LogP contribution in [0.2, 0.25) is 0 Å². The first-order chi connectivity index (χ1) is 10.9. The van der Waals surface area contributed by atoms with Crippen molar-refractivity contribution in [2.24, 2.45) is 0 Å². The third kappa shape index (κ3) is 4.76. The molecule has 1 aromatic heterocycles. The summed E-state index contributed by atoms with van der Waals surface area (Å²) in [5, 5.41) is 17.8. The quantitative estimate of drug-likeness (QED) is 0.760. The largest absolute Gasteiger partial charge is 0.478 e. The van der Waals surface area contributed by atoms with Crippen LogP contribution in [0.5, 0.6) is 0 Å². The summed E-state index contributed by atoms with van der Waals surface area (Å²) in [5.74, 6) is -2.51. The maximum atomic E-state index is 9.55. The molecule has 2 N–H and O–H groups in total. The molecule has 2 unspecified atom stereocenters. The van der Waals surface area contributed by atoms with E-state index < -0.39 is 11.9 Å². The molecular weight excluding hydrogens is 382 g/mol. The molecule has 0 radical (unpaired) electrons. The molecule has 1 fully saturated rings. The second-order valence-corrected chi connectivity index (χ2v) is 7.24. The van der Waals surface area contributed by atoms with Gasteiger partial charge in [0.15, 0.2) is 0 Å². The van der Waals surface area contributed by atoms with Gasteiger partial charge in [-0.2, -0.15) is 0 Å². The number of hydrogen-bond donors (Lipinski definition) is 2. The predicted molar refractivity (Wildman–Crippen MR) is 93.6 cm³/mol. The third-order valence-corrected chi connectivity index (χ3v) is 5.93. The molecule has 2 aliphatic rings. The fraction of sp³-hybridized carbons (Fsp3) is 0.375. The van der Waals surface area contributed by atoms with Crippen LogP contribution in [-0.4, -0.2) is 46.2 Å². The van der Waals surface area contributed by atoms with Crippen molar-refractivity contribution in [2.45, 2.75) is 31.3 Å². The maximum absolute atomic E-state index is 9.55. The van der Waals surface area contributed by atoms with Crippen LogP contribution in [0.15, 0.2) is 34.1 Å². The third-order valence-electron chi connectivity index (χ3n) is 4.02. The van der Waals surface area contributed by atoms with E-state index >= 15 is 0 Å². The predicted octanol–water partition coefficient (Wildman–Crippen LogP) is 3.47.